The fourth-order valence-corrected chi connectivity index (χ4v) is 8.13. The van der Waals surface area contributed by atoms with Crippen LogP contribution in [0.2, 0.25) is 0 Å². The van der Waals surface area contributed by atoms with Crippen LogP contribution in [0.5, 0.6) is 5.75 Å². The minimum Gasteiger partial charge on any atom is -0.507 e. The number of phenols is 1. The van der Waals surface area contributed by atoms with E-state index < -0.39 is 54.7 Å². The van der Waals surface area contributed by atoms with Crippen molar-refractivity contribution in [1.82, 2.24) is 13.9 Å². The first kappa shape index (κ1) is 27.3. The Morgan fingerprint density at radius 3 is 2.21 bits per heavy atom. The lowest BCUT2D eigenvalue weighted by Crippen LogP contribution is -2.67. The summed E-state index contributed by atoms with van der Waals surface area (Å²) in [4.78, 5) is 50.8. The Kier molecular flexibility index (Phi) is 5.99. The van der Waals surface area contributed by atoms with Crippen molar-refractivity contribution in [2.45, 2.75) is 34.7 Å². The van der Waals surface area contributed by atoms with Crippen LogP contribution >= 0.6 is 46.4 Å². The summed E-state index contributed by atoms with van der Waals surface area (Å²) in [6, 6.07) is 17.9. The zero-order valence-electron chi connectivity index (χ0n) is 21.4. The molecule has 1 aliphatic heterocycles. The number of phenolic OH excluding ortho intramolecular Hbond substituents is 1. The van der Waals surface area contributed by atoms with Crippen molar-refractivity contribution in [2.75, 3.05) is 0 Å². The number of Topliss-reactive ketones (excluding diaryl/α,β-unsaturated/α-hetero) is 2. The molecule has 4 aromatic rings. The standard InChI is InChI=1S/C30H19Cl4N3O5/c31-22-23(32)26(40)30(34)21(19-11-10-15-6-4-5-9-17(15)24(19)38)18-12-13-35-27(41)36(16-7-2-1-3-8-16)28(42)37(35)20(18)14-29(30,33)25(22)39/h1-12,20-21,38H,13-14H2/t20-,21-,29-,30+/m1/s1. The third-order valence-corrected chi connectivity index (χ3v) is 10.8. The van der Waals surface area contributed by atoms with E-state index in [4.69, 9.17) is 46.4 Å². The van der Waals surface area contributed by atoms with Crippen molar-refractivity contribution >= 4 is 68.7 Å². The highest BCUT2D eigenvalue weighted by Crippen LogP contribution is 2.64. The molecule has 3 aromatic carbocycles. The fourth-order valence-electron chi connectivity index (χ4n) is 6.62. The minimum atomic E-state index is -2.22. The molecule has 0 saturated heterocycles. The first-order valence-electron chi connectivity index (χ1n) is 13.0. The number of alkyl halides is 2. The molecule has 8 nitrogen and oxygen atoms in total. The minimum absolute atomic E-state index is 0.0424. The third-order valence-electron chi connectivity index (χ3n) is 8.56. The number of fused-ring (bicyclic) bond motifs is 5. The molecule has 1 fully saturated rings. The van der Waals surface area contributed by atoms with Gasteiger partial charge in [0.1, 0.15) is 25.6 Å². The Balaban J connectivity index is 1.54. The molecule has 0 spiro atoms. The van der Waals surface area contributed by atoms with E-state index in [1.54, 1.807) is 60.7 Å². The number of aromatic hydroxyl groups is 1. The average molecular weight is 643 g/mol. The second-order valence-corrected chi connectivity index (χ2v) is 12.5. The molecule has 1 N–H and O–H groups in total. The molecule has 4 atom stereocenters. The predicted octanol–water partition coefficient (Wildman–Crippen LogP) is 5.12. The van der Waals surface area contributed by atoms with E-state index in [0.717, 1.165) is 9.95 Å². The van der Waals surface area contributed by atoms with Crippen molar-refractivity contribution in [3.8, 4) is 11.4 Å². The largest absolute Gasteiger partial charge is 0.507 e. The van der Waals surface area contributed by atoms with Gasteiger partial charge >= 0.3 is 11.4 Å². The van der Waals surface area contributed by atoms with Gasteiger partial charge in [-0.05, 0) is 23.1 Å². The molecule has 1 aromatic heterocycles. The molecule has 7 rings (SSSR count). The SMILES string of the molecule is O=C1C(Cl)=C(Cl)C(=O)[C@@]2(Cl)[C@@H](c3ccc4ccccc4c3O)C3=CCn4c(=O)n(-c5ccccc5)c(=O)n4[C@@H]3C[C@@]12Cl. The molecule has 0 bridgehead atoms. The molecule has 12 heteroatoms. The van der Waals surface area contributed by atoms with Crippen LogP contribution in [-0.2, 0) is 16.1 Å². The highest BCUT2D eigenvalue weighted by Gasteiger charge is 2.71. The number of hydrogen-bond donors (Lipinski definition) is 1. The van der Waals surface area contributed by atoms with E-state index in [1.165, 1.54) is 9.36 Å². The smallest absolute Gasteiger partial charge is 0.352 e. The van der Waals surface area contributed by atoms with E-state index in [0.29, 0.717) is 16.6 Å². The van der Waals surface area contributed by atoms with Crippen LogP contribution in [0.15, 0.2) is 98.0 Å². The van der Waals surface area contributed by atoms with Gasteiger partial charge < -0.3 is 5.11 Å². The number of allylic oxidation sites excluding steroid dienone is 4. The van der Waals surface area contributed by atoms with Crippen molar-refractivity contribution in [3.05, 3.63) is 115 Å². The van der Waals surface area contributed by atoms with Gasteiger partial charge in [-0.15, -0.1) is 23.2 Å². The maximum absolute atomic E-state index is 14.0. The number of rotatable bonds is 2. The second kappa shape index (κ2) is 9.22. The number of ketones is 2. The van der Waals surface area contributed by atoms with Crippen LogP contribution in [0.3, 0.4) is 0 Å². The van der Waals surface area contributed by atoms with Gasteiger partial charge in [0.2, 0.25) is 0 Å². The number of hydrogen-bond acceptors (Lipinski definition) is 5. The quantitative estimate of drug-likeness (QED) is 0.241. The summed E-state index contributed by atoms with van der Waals surface area (Å²) in [6.07, 6.45) is 1.34. The maximum Gasteiger partial charge on any atom is 0.352 e. The Hall–Kier alpha value is -3.56. The molecular formula is C30H19Cl4N3O5. The van der Waals surface area contributed by atoms with E-state index >= 15 is 0 Å². The van der Waals surface area contributed by atoms with Crippen LogP contribution in [-0.4, -0.2) is 40.4 Å². The Labute approximate surface area is 257 Å². The van der Waals surface area contributed by atoms with Gasteiger partial charge in [0.25, 0.3) is 0 Å². The number of benzene rings is 3. The molecule has 2 aliphatic carbocycles. The molecule has 212 valence electrons. The topological polar surface area (TPSA) is 103 Å². The zero-order valence-corrected chi connectivity index (χ0v) is 24.5. The van der Waals surface area contributed by atoms with Gasteiger partial charge in [-0.2, -0.15) is 0 Å². The lowest BCUT2D eigenvalue weighted by molar-refractivity contribution is -0.128. The van der Waals surface area contributed by atoms with Gasteiger partial charge in [-0.3, -0.25) is 9.59 Å². The number of para-hydroxylation sites is 1. The number of aromatic nitrogens is 3. The van der Waals surface area contributed by atoms with Gasteiger partial charge in [-0.1, -0.05) is 83.9 Å². The Bertz CT molecular complexity index is 2060. The predicted molar refractivity (Wildman–Crippen MR) is 160 cm³/mol. The summed E-state index contributed by atoms with van der Waals surface area (Å²) in [6.45, 7) is -0.0424. The number of carbonyl (C=O) groups is 2. The molecular weight excluding hydrogens is 624 g/mol. The van der Waals surface area contributed by atoms with Crippen molar-refractivity contribution in [3.63, 3.8) is 0 Å². The highest BCUT2D eigenvalue weighted by atomic mass is 35.5. The fraction of sp³-hybridized carbons (Fsp3) is 0.200. The van der Waals surface area contributed by atoms with E-state index in [-0.39, 0.29) is 24.3 Å². The maximum atomic E-state index is 14.0. The van der Waals surface area contributed by atoms with Crippen molar-refractivity contribution in [2.24, 2.45) is 0 Å². The highest BCUT2D eigenvalue weighted by molar-refractivity contribution is 6.66. The van der Waals surface area contributed by atoms with Crippen LogP contribution in [0.4, 0.5) is 0 Å². The normalized spacial score (nSPS) is 27.0. The summed E-state index contributed by atoms with van der Waals surface area (Å²) in [7, 11) is 0. The first-order valence-corrected chi connectivity index (χ1v) is 14.5. The molecule has 1 saturated carbocycles. The van der Waals surface area contributed by atoms with E-state index in [9.17, 15) is 24.3 Å². The van der Waals surface area contributed by atoms with Crippen LogP contribution in [0.1, 0.15) is 23.9 Å². The summed E-state index contributed by atoms with van der Waals surface area (Å²) >= 11 is 27.0. The van der Waals surface area contributed by atoms with E-state index in [1.807, 2.05) is 12.1 Å². The third kappa shape index (κ3) is 3.32. The molecule has 0 unspecified atom stereocenters. The van der Waals surface area contributed by atoms with Gasteiger partial charge in [0, 0.05) is 23.3 Å². The zero-order chi connectivity index (χ0) is 29.7. The van der Waals surface area contributed by atoms with Gasteiger partial charge in [-0.25, -0.2) is 23.5 Å². The molecule has 42 heavy (non-hydrogen) atoms. The monoisotopic (exact) mass is 641 g/mol. The summed E-state index contributed by atoms with van der Waals surface area (Å²) < 4.78 is 3.52. The van der Waals surface area contributed by atoms with E-state index in [2.05, 4.69) is 0 Å². The van der Waals surface area contributed by atoms with Crippen molar-refractivity contribution in [1.29, 1.82) is 0 Å². The first-order chi connectivity index (χ1) is 20.0. The number of carbonyl (C=O) groups excluding carboxylic acids is 2. The number of halogens is 4. The van der Waals surface area contributed by atoms with Crippen molar-refractivity contribution < 1.29 is 14.7 Å². The molecule has 0 radical (unpaired) electrons. The Morgan fingerprint density at radius 1 is 0.810 bits per heavy atom. The number of nitrogens with zero attached hydrogens (tertiary/aromatic N) is 3. The van der Waals surface area contributed by atoms with Gasteiger partial charge in [0.05, 0.1) is 18.3 Å². The van der Waals surface area contributed by atoms with Crippen LogP contribution in [0.25, 0.3) is 16.5 Å². The summed E-state index contributed by atoms with van der Waals surface area (Å²) in [5, 5.41) is 11.7. The van der Waals surface area contributed by atoms with Crippen LogP contribution < -0.4 is 11.4 Å². The van der Waals surface area contributed by atoms with Crippen LogP contribution in [0, 0.1) is 0 Å². The summed E-state index contributed by atoms with van der Waals surface area (Å²) in [5.74, 6) is -3.16. The van der Waals surface area contributed by atoms with Gasteiger partial charge in [0.15, 0.2) is 11.6 Å². The lowest BCUT2D eigenvalue weighted by atomic mass is 9.59. The second-order valence-electron chi connectivity index (χ2n) is 10.5. The molecule has 3 aliphatic rings. The summed E-state index contributed by atoms with van der Waals surface area (Å²) in [5.41, 5.74) is -0.260. The molecule has 0 amide bonds. The average Bonchev–Trinajstić information content (AvgIpc) is 3.26. The lowest BCUT2D eigenvalue weighted by Gasteiger charge is -2.54. The molecule has 2 heterocycles. The Morgan fingerprint density at radius 2 is 1.48 bits per heavy atom.